The van der Waals surface area contributed by atoms with Gasteiger partial charge in [0, 0.05) is 18.5 Å². The van der Waals surface area contributed by atoms with Crippen molar-refractivity contribution < 1.29 is 9.21 Å². The minimum atomic E-state index is -0.0681. The highest BCUT2D eigenvalue weighted by Gasteiger charge is 2.17. The SMILES string of the molecule is Cc1oc(C)c(C(=O)NCCCc2nc3ccccc3[nH]2)c1C. The molecule has 3 rings (SSSR count). The van der Waals surface area contributed by atoms with Crippen molar-refractivity contribution in [3.8, 4) is 0 Å². The highest BCUT2D eigenvalue weighted by atomic mass is 16.3. The Labute approximate surface area is 135 Å². The number of fused-ring (bicyclic) bond motifs is 1. The van der Waals surface area contributed by atoms with Gasteiger partial charge in [-0.1, -0.05) is 12.1 Å². The first-order chi connectivity index (χ1) is 11.1. The molecular weight excluding hydrogens is 290 g/mol. The van der Waals surface area contributed by atoms with Crippen LogP contribution in [-0.4, -0.2) is 22.4 Å². The molecule has 0 aliphatic rings. The first-order valence-corrected chi connectivity index (χ1v) is 7.84. The Kier molecular flexibility index (Phi) is 4.19. The quantitative estimate of drug-likeness (QED) is 0.709. The number of hydrogen-bond donors (Lipinski definition) is 2. The molecule has 3 aromatic rings. The second-order valence-corrected chi connectivity index (χ2v) is 5.77. The number of H-pyrrole nitrogens is 1. The van der Waals surface area contributed by atoms with Crippen LogP contribution in [0, 0.1) is 20.8 Å². The first kappa shape index (κ1) is 15.3. The maximum absolute atomic E-state index is 12.3. The number of imidazole rings is 1. The lowest BCUT2D eigenvalue weighted by Gasteiger charge is -2.04. The van der Waals surface area contributed by atoms with Gasteiger partial charge in [-0.15, -0.1) is 0 Å². The topological polar surface area (TPSA) is 70.9 Å². The van der Waals surface area contributed by atoms with Crippen molar-refractivity contribution in [3.63, 3.8) is 0 Å². The van der Waals surface area contributed by atoms with Gasteiger partial charge in [-0.25, -0.2) is 4.98 Å². The van der Waals surface area contributed by atoms with Gasteiger partial charge in [0.25, 0.3) is 5.91 Å². The van der Waals surface area contributed by atoms with Crippen LogP contribution < -0.4 is 5.32 Å². The average molecular weight is 311 g/mol. The molecule has 0 saturated carbocycles. The van der Waals surface area contributed by atoms with Crippen molar-refractivity contribution in [1.29, 1.82) is 0 Å². The van der Waals surface area contributed by atoms with Crippen molar-refractivity contribution in [2.24, 2.45) is 0 Å². The molecule has 0 aliphatic heterocycles. The van der Waals surface area contributed by atoms with E-state index in [4.69, 9.17) is 4.42 Å². The number of nitrogens with zero attached hydrogens (tertiary/aromatic N) is 1. The molecular formula is C18H21N3O2. The van der Waals surface area contributed by atoms with Crippen LogP contribution in [0.2, 0.25) is 0 Å². The van der Waals surface area contributed by atoms with Gasteiger partial charge >= 0.3 is 0 Å². The number of carbonyl (C=O) groups is 1. The van der Waals surface area contributed by atoms with Gasteiger partial charge in [0.2, 0.25) is 0 Å². The number of aromatic amines is 1. The van der Waals surface area contributed by atoms with Gasteiger partial charge in [0.1, 0.15) is 17.3 Å². The summed E-state index contributed by atoms with van der Waals surface area (Å²) in [5.74, 6) is 2.36. The van der Waals surface area contributed by atoms with Gasteiger partial charge in [-0.3, -0.25) is 4.79 Å². The summed E-state index contributed by atoms with van der Waals surface area (Å²) in [5, 5.41) is 2.96. The third-order valence-corrected chi connectivity index (χ3v) is 4.10. The molecule has 0 fully saturated rings. The standard InChI is InChI=1S/C18H21N3O2/c1-11-12(2)23-13(3)17(11)18(22)19-10-6-9-16-20-14-7-4-5-8-15(14)21-16/h4-5,7-8H,6,9-10H2,1-3H3,(H,19,22)(H,20,21). The number of hydrogen-bond acceptors (Lipinski definition) is 3. The number of amides is 1. The zero-order valence-electron chi connectivity index (χ0n) is 13.7. The number of aryl methyl sites for hydroxylation is 3. The fourth-order valence-corrected chi connectivity index (χ4v) is 2.80. The number of furan rings is 1. The molecule has 1 aromatic carbocycles. The van der Waals surface area contributed by atoms with E-state index in [1.54, 1.807) is 0 Å². The van der Waals surface area contributed by atoms with Crippen LogP contribution in [0.5, 0.6) is 0 Å². The molecule has 5 heteroatoms. The third-order valence-electron chi connectivity index (χ3n) is 4.10. The fourth-order valence-electron chi connectivity index (χ4n) is 2.80. The molecule has 120 valence electrons. The fraction of sp³-hybridized carbons (Fsp3) is 0.333. The summed E-state index contributed by atoms with van der Waals surface area (Å²) in [7, 11) is 0. The van der Waals surface area contributed by atoms with E-state index in [1.807, 2.05) is 45.0 Å². The van der Waals surface area contributed by atoms with Crippen molar-refractivity contribution in [2.45, 2.75) is 33.6 Å². The molecule has 0 unspecified atom stereocenters. The molecule has 1 amide bonds. The van der Waals surface area contributed by atoms with E-state index in [1.165, 1.54) is 0 Å². The lowest BCUT2D eigenvalue weighted by molar-refractivity contribution is 0.0951. The average Bonchev–Trinajstić information content (AvgIpc) is 3.04. The molecule has 0 bridgehead atoms. The molecule has 0 aliphatic carbocycles. The number of benzene rings is 1. The van der Waals surface area contributed by atoms with Crippen molar-refractivity contribution in [1.82, 2.24) is 15.3 Å². The monoisotopic (exact) mass is 311 g/mol. The van der Waals surface area contributed by atoms with Crippen LogP contribution in [0.4, 0.5) is 0 Å². The molecule has 2 aromatic heterocycles. The van der Waals surface area contributed by atoms with E-state index < -0.39 is 0 Å². The Morgan fingerprint density at radius 1 is 1.22 bits per heavy atom. The number of rotatable bonds is 5. The predicted octanol–water partition coefficient (Wildman–Crippen LogP) is 3.44. The minimum Gasteiger partial charge on any atom is -0.466 e. The number of nitrogens with one attached hydrogen (secondary N) is 2. The highest BCUT2D eigenvalue weighted by molar-refractivity contribution is 5.96. The zero-order chi connectivity index (χ0) is 16.4. The summed E-state index contributed by atoms with van der Waals surface area (Å²) in [6.07, 6.45) is 1.64. The van der Waals surface area contributed by atoms with Crippen molar-refractivity contribution in [3.05, 3.63) is 52.7 Å². The second kappa shape index (κ2) is 6.28. The minimum absolute atomic E-state index is 0.0681. The molecule has 0 radical (unpaired) electrons. The van der Waals surface area contributed by atoms with Crippen LogP contribution in [0.25, 0.3) is 11.0 Å². The van der Waals surface area contributed by atoms with E-state index in [0.717, 1.165) is 41.0 Å². The lowest BCUT2D eigenvalue weighted by Crippen LogP contribution is -2.25. The second-order valence-electron chi connectivity index (χ2n) is 5.77. The maximum Gasteiger partial charge on any atom is 0.255 e. The van der Waals surface area contributed by atoms with Gasteiger partial charge in [-0.2, -0.15) is 0 Å². The normalized spacial score (nSPS) is 11.1. The molecule has 5 nitrogen and oxygen atoms in total. The van der Waals surface area contributed by atoms with Gasteiger partial charge in [-0.05, 0) is 39.3 Å². The molecule has 2 heterocycles. The Balaban J connectivity index is 1.54. The molecule has 0 saturated heterocycles. The molecule has 0 spiro atoms. The van der Waals surface area contributed by atoms with E-state index in [9.17, 15) is 4.79 Å². The third kappa shape index (κ3) is 3.13. The summed E-state index contributed by atoms with van der Waals surface area (Å²) < 4.78 is 5.50. The zero-order valence-corrected chi connectivity index (χ0v) is 13.7. The van der Waals surface area contributed by atoms with Crippen LogP contribution in [0.1, 0.15) is 39.7 Å². The van der Waals surface area contributed by atoms with Gasteiger partial charge in [0.15, 0.2) is 0 Å². The maximum atomic E-state index is 12.3. The van der Waals surface area contributed by atoms with E-state index in [2.05, 4.69) is 15.3 Å². The lowest BCUT2D eigenvalue weighted by atomic mass is 10.1. The summed E-state index contributed by atoms with van der Waals surface area (Å²) in [6.45, 7) is 6.22. The van der Waals surface area contributed by atoms with Crippen molar-refractivity contribution >= 4 is 16.9 Å². The number of aromatic nitrogens is 2. The Hall–Kier alpha value is -2.56. The molecule has 2 N–H and O–H groups in total. The Morgan fingerprint density at radius 3 is 2.70 bits per heavy atom. The van der Waals surface area contributed by atoms with Crippen LogP contribution >= 0.6 is 0 Å². The van der Waals surface area contributed by atoms with Gasteiger partial charge < -0.3 is 14.7 Å². The van der Waals surface area contributed by atoms with Gasteiger partial charge in [0.05, 0.1) is 16.6 Å². The molecule has 23 heavy (non-hydrogen) atoms. The van der Waals surface area contributed by atoms with E-state index in [0.29, 0.717) is 17.9 Å². The Morgan fingerprint density at radius 2 is 2.00 bits per heavy atom. The van der Waals surface area contributed by atoms with Crippen LogP contribution in [0.3, 0.4) is 0 Å². The number of para-hydroxylation sites is 2. The molecule has 0 atom stereocenters. The summed E-state index contributed by atoms with van der Waals surface area (Å²) in [5.41, 5.74) is 3.60. The van der Waals surface area contributed by atoms with E-state index in [-0.39, 0.29) is 5.91 Å². The largest absolute Gasteiger partial charge is 0.466 e. The Bertz CT molecular complexity index is 812. The predicted molar refractivity (Wildman–Crippen MR) is 89.7 cm³/mol. The first-order valence-electron chi connectivity index (χ1n) is 7.84. The summed E-state index contributed by atoms with van der Waals surface area (Å²) in [6, 6.07) is 7.97. The van der Waals surface area contributed by atoms with E-state index >= 15 is 0 Å². The number of carbonyl (C=O) groups excluding carboxylic acids is 1. The van der Waals surface area contributed by atoms with Crippen LogP contribution in [0.15, 0.2) is 28.7 Å². The summed E-state index contributed by atoms with van der Waals surface area (Å²) in [4.78, 5) is 20.1. The highest BCUT2D eigenvalue weighted by Crippen LogP contribution is 2.20. The van der Waals surface area contributed by atoms with Crippen LogP contribution in [-0.2, 0) is 6.42 Å². The smallest absolute Gasteiger partial charge is 0.255 e. The van der Waals surface area contributed by atoms with Crippen molar-refractivity contribution in [2.75, 3.05) is 6.54 Å². The summed E-state index contributed by atoms with van der Waals surface area (Å²) >= 11 is 0.